The third kappa shape index (κ3) is 3.45. The lowest BCUT2D eigenvalue weighted by Gasteiger charge is -2.10. The minimum atomic E-state index is -0.551. The first kappa shape index (κ1) is 20.3. The fraction of sp³-hybridized carbons (Fsp3) is 0.182. The van der Waals surface area contributed by atoms with Crippen LogP contribution in [0.15, 0.2) is 42.9 Å². The summed E-state index contributed by atoms with van der Waals surface area (Å²) in [6.45, 7) is 3.58. The van der Waals surface area contributed by atoms with Crippen LogP contribution in [0.5, 0.6) is 11.5 Å². The topological polar surface area (TPSA) is 102 Å². The van der Waals surface area contributed by atoms with Gasteiger partial charge in [-0.2, -0.15) is 5.10 Å². The number of benzene rings is 2. The highest BCUT2D eigenvalue weighted by atomic mass is 35.5. The lowest BCUT2D eigenvalue weighted by atomic mass is 10.2. The van der Waals surface area contributed by atoms with E-state index in [4.69, 9.17) is 16.3 Å². The van der Waals surface area contributed by atoms with E-state index in [2.05, 4.69) is 25.0 Å². The zero-order chi connectivity index (χ0) is 22.4. The van der Waals surface area contributed by atoms with E-state index >= 15 is 0 Å². The summed E-state index contributed by atoms with van der Waals surface area (Å²) in [6.07, 6.45) is 5.05. The lowest BCUT2D eigenvalue weighted by molar-refractivity contribution is 0.230. The molecule has 0 fully saturated rings. The standard InChI is InChI=1S/C22H18ClFN6O2/c1-11(10-31)30-9-13(7-26-30)16-8-25-14-3-5-17(19(23)21(14)29-16)32-18-6-4-15-22(20(18)24)28-12(2)27-15/h3-9,11,31H,10H2,1-2H3,(H,27,28)/t11-/m0/s1. The number of nitrogens with zero attached hydrogens (tertiary/aromatic N) is 5. The van der Waals surface area contributed by atoms with Crippen LogP contribution in [0.1, 0.15) is 18.8 Å². The molecule has 10 heteroatoms. The Morgan fingerprint density at radius 3 is 2.75 bits per heavy atom. The number of nitrogens with one attached hydrogen (secondary N) is 1. The Bertz CT molecular complexity index is 1460. The average molecular weight is 453 g/mol. The van der Waals surface area contributed by atoms with Gasteiger partial charge in [0.05, 0.1) is 41.8 Å². The Labute approximate surface area is 186 Å². The molecule has 0 bridgehead atoms. The molecule has 0 saturated heterocycles. The second-order valence-electron chi connectivity index (χ2n) is 7.44. The van der Waals surface area contributed by atoms with Crippen molar-refractivity contribution in [2.24, 2.45) is 0 Å². The minimum Gasteiger partial charge on any atom is -0.453 e. The molecule has 5 aromatic rings. The molecule has 3 heterocycles. The Morgan fingerprint density at radius 2 is 1.94 bits per heavy atom. The first-order chi connectivity index (χ1) is 15.4. The third-order valence-corrected chi connectivity index (χ3v) is 5.49. The van der Waals surface area contributed by atoms with Crippen molar-refractivity contribution in [1.29, 1.82) is 0 Å². The monoisotopic (exact) mass is 452 g/mol. The van der Waals surface area contributed by atoms with E-state index in [9.17, 15) is 9.50 Å². The largest absolute Gasteiger partial charge is 0.453 e. The SMILES string of the molecule is Cc1nc2ccc(Oc3ccc4ncc(-c5cnn([C@@H](C)CO)c5)nc4c3Cl)c(F)c2[nH]1. The van der Waals surface area contributed by atoms with Crippen molar-refractivity contribution in [3.8, 4) is 22.8 Å². The van der Waals surface area contributed by atoms with E-state index < -0.39 is 5.82 Å². The highest BCUT2D eigenvalue weighted by molar-refractivity contribution is 6.36. The van der Waals surface area contributed by atoms with Gasteiger partial charge in [-0.25, -0.2) is 14.4 Å². The number of aromatic amines is 1. The number of aryl methyl sites for hydroxylation is 1. The Morgan fingerprint density at radius 1 is 1.16 bits per heavy atom. The van der Waals surface area contributed by atoms with E-state index in [1.807, 2.05) is 6.92 Å². The van der Waals surface area contributed by atoms with Crippen LogP contribution in [0.25, 0.3) is 33.3 Å². The molecule has 1 atom stereocenters. The van der Waals surface area contributed by atoms with Crippen LogP contribution in [0.2, 0.25) is 5.02 Å². The second-order valence-corrected chi connectivity index (χ2v) is 7.82. The van der Waals surface area contributed by atoms with Crippen LogP contribution in [0.3, 0.4) is 0 Å². The number of aromatic nitrogens is 6. The highest BCUT2D eigenvalue weighted by Crippen LogP contribution is 2.37. The van der Waals surface area contributed by atoms with Crippen molar-refractivity contribution in [2.45, 2.75) is 19.9 Å². The molecule has 0 aliphatic rings. The summed E-state index contributed by atoms with van der Waals surface area (Å²) >= 11 is 6.58. The number of ether oxygens (including phenoxy) is 1. The number of rotatable bonds is 5. The summed E-state index contributed by atoms with van der Waals surface area (Å²) in [5.41, 5.74) is 3.07. The van der Waals surface area contributed by atoms with Gasteiger partial charge in [-0.1, -0.05) is 11.6 Å². The molecule has 3 aromatic heterocycles. The summed E-state index contributed by atoms with van der Waals surface area (Å²) in [7, 11) is 0. The Balaban J connectivity index is 1.53. The van der Waals surface area contributed by atoms with Gasteiger partial charge in [0, 0.05) is 11.8 Å². The van der Waals surface area contributed by atoms with Crippen molar-refractivity contribution in [3.63, 3.8) is 0 Å². The molecule has 162 valence electrons. The van der Waals surface area contributed by atoms with Crippen LogP contribution >= 0.6 is 11.6 Å². The minimum absolute atomic E-state index is 0.0192. The van der Waals surface area contributed by atoms with Gasteiger partial charge in [-0.05, 0) is 38.1 Å². The van der Waals surface area contributed by atoms with E-state index in [0.29, 0.717) is 28.1 Å². The van der Waals surface area contributed by atoms with Gasteiger partial charge < -0.3 is 14.8 Å². The van der Waals surface area contributed by atoms with Crippen molar-refractivity contribution < 1.29 is 14.2 Å². The van der Waals surface area contributed by atoms with Crippen molar-refractivity contribution >= 4 is 33.7 Å². The highest BCUT2D eigenvalue weighted by Gasteiger charge is 2.17. The van der Waals surface area contributed by atoms with Crippen molar-refractivity contribution in [2.75, 3.05) is 6.61 Å². The molecular formula is C22H18ClFN6O2. The molecule has 0 aliphatic carbocycles. The first-order valence-corrected chi connectivity index (χ1v) is 10.3. The van der Waals surface area contributed by atoms with Gasteiger partial charge in [0.1, 0.15) is 27.6 Å². The number of imidazole rings is 1. The lowest BCUT2D eigenvalue weighted by Crippen LogP contribution is -2.09. The van der Waals surface area contributed by atoms with Gasteiger partial charge in [-0.3, -0.25) is 9.67 Å². The normalized spacial score (nSPS) is 12.5. The summed E-state index contributed by atoms with van der Waals surface area (Å²) in [6, 6.07) is 6.36. The molecule has 8 nitrogen and oxygen atoms in total. The Kier molecular flexibility index (Phi) is 4.99. The quantitative estimate of drug-likeness (QED) is 0.396. The number of fused-ring (bicyclic) bond motifs is 2. The van der Waals surface area contributed by atoms with Gasteiger partial charge in [0.2, 0.25) is 0 Å². The van der Waals surface area contributed by atoms with Gasteiger partial charge in [-0.15, -0.1) is 0 Å². The summed E-state index contributed by atoms with van der Waals surface area (Å²) in [4.78, 5) is 16.2. The van der Waals surface area contributed by atoms with Gasteiger partial charge in [0.15, 0.2) is 11.6 Å². The number of halogens is 2. The zero-order valence-electron chi connectivity index (χ0n) is 17.2. The number of aliphatic hydroxyl groups excluding tert-OH is 1. The maximum absolute atomic E-state index is 14.9. The molecule has 0 radical (unpaired) electrons. The van der Waals surface area contributed by atoms with Crippen LogP contribution in [0, 0.1) is 12.7 Å². The van der Waals surface area contributed by atoms with E-state index in [-0.39, 0.29) is 34.7 Å². The first-order valence-electron chi connectivity index (χ1n) is 9.88. The van der Waals surface area contributed by atoms with Gasteiger partial charge >= 0.3 is 0 Å². The number of aliphatic hydroxyl groups is 1. The summed E-state index contributed by atoms with van der Waals surface area (Å²) < 4.78 is 22.3. The fourth-order valence-electron chi connectivity index (χ4n) is 3.38. The predicted octanol–water partition coefficient (Wildman–Crippen LogP) is 4.82. The predicted molar refractivity (Wildman–Crippen MR) is 118 cm³/mol. The van der Waals surface area contributed by atoms with Gasteiger partial charge in [0.25, 0.3) is 0 Å². The Hall–Kier alpha value is -3.56. The number of H-pyrrole nitrogens is 1. The molecule has 2 aromatic carbocycles. The second kappa shape index (κ2) is 7.85. The molecule has 0 spiro atoms. The molecule has 0 saturated carbocycles. The fourth-order valence-corrected chi connectivity index (χ4v) is 3.63. The maximum atomic E-state index is 14.9. The van der Waals surface area contributed by atoms with Crippen LogP contribution in [-0.4, -0.2) is 41.4 Å². The maximum Gasteiger partial charge on any atom is 0.191 e. The molecular weight excluding hydrogens is 435 g/mol. The van der Waals surface area contributed by atoms with Crippen LogP contribution in [-0.2, 0) is 0 Å². The number of hydrogen-bond donors (Lipinski definition) is 2. The third-order valence-electron chi connectivity index (χ3n) is 5.13. The number of hydrogen-bond acceptors (Lipinski definition) is 6. The molecule has 2 N–H and O–H groups in total. The molecule has 0 unspecified atom stereocenters. The van der Waals surface area contributed by atoms with E-state index in [1.165, 1.54) is 6.07 Å². The van der Waals surface area contributed by atoms with E-state index in [1.54, 1.807) is 48.4 Å². The smallest absolute Gasteiger partial charge is 0.191 e. The zero-order valence-corrected chi connectivity index (χ0v) is 17.9. The van der Waals surface area contributed by atoms with Crippen molar-refractivity contribution in [3.05, 3.63) is 59.5 Å². The average Bonchev–Trinajstić information content (AvgIpc) is 3.44. The summed E-state index contributed by atoms with van der Waals surface area (Å²) in [5.74, 6) is 0.333. The molecule has 0 amide bonds. The van der Waals surface area contributed by atoms with Crippen LogP contribution < -0.4 is 4.74 Å². The molecule has 5 rings (SSSR count). The van der Waals surface area contributed by atoms with E-state index in [0.717, 1.165) is 5.56 Å². The van der Waals surface area contributed by atoms with Crippen LogP contribution in [0.4, 0.5) is 4.39 Å². The molecule has 32 heavy (non-hydrogen) atoms. The summed E-state index contributed by atoms with van der Waals surface area (Å²) in [5, 5.41) is 13.8. The van der Waals surface area contributed by atoms with Crippen molar-refractivity contribution in [1.82, 2.24) is 29.7 Å². The molecule has 0 aliphatic heterocycles.